The van der Waals surface area contributed by atoms with Crippen molar-refractivity contribution in [2.45, 2.75) is 13.3 Å². The standard InChI is InChI=1S/C21H20Cl2N2O5/c1-2-29-17-9-4-3-8-16(17)25-11-13(10-19(25)27)21(28)30-12-18(26)24-15-7-5-6-14(22)20(15)23/h3-9,13H,2,10-12H2,1H3,(H,24,26)/t13-/m1/s1. The second-order valence-electron chi connectivity index (χ2n) is 6.56. The fraction of sp³-hybridized carbons (Fsp3) is 0.286. The van der Waals surface area contributed by atoms with Crippen molar-refractivity contribution in [2.75, 3.05) is 30.0 Å². The van der Waals surface area contributed by atoms with E-state index in [9.17, 15) is 14.4 Å². The SMILES string of the molecule is CCOc1ccccc1N1C[C@H](C(=O)OCC(=O)Nc2cccc(Cl)c2Cl)CC1=O. The average Bonchev–Trinajstić information content (AvgIpc) is 3.12. The van der Waals surface area contributed by atoms with Crippen LogP contribution in [0.3, 0.4) is 0 Å². The van der Waals surface area contributed by atoms with Crippen molar-refractivity contribution < 1.29 is 23.9 Å². The molecule has 1 aliphatic heterocycles. The molecule has 2 aromatic carbocycles. The Morgan fingerprint density at radius 2 is 1.93 bits per heavy atom. The Hall–Kier alpha value is -2.77. The molecule has 1 saturated heterocycles. The summed E-state index contributed by atoms with van der Waals surface area (Å²) in [7, 11) is 0. The number of esters is 1. The van der Waals surface area contributed by atoms with Gasteiger partial charge in [0.2, 0.25) is 5.91 Å². The number of carbonyl (C=O) groups excluding carboxylic acids is 3. The van der Waals surface area contributed by atoms with Gasteiger partial charge in [-0.2, -0.15) is 0 Å². The van der Waals surface area contributed by atoms with Gasteiger partial charge in [0.1, 0.15) is 5.75 Å². The molecule has 2 amide bonds. The lowest BCUT2D eigenvalue weighted by atomic mass is 10.1. The largest absolute Gasteiger partial charge is 0.492 e. The summed E-state index contributed by atoms with van der Waals surface area (Å²) >= 11 is 11.9. The number of anilines is 2. The van der Waals surface area contributed by atoms with Crippen molar-refractivity contribution in [1.82, 2.24) is 0 Å². The highest BCUT2D eigenvalue weighted by molar-refractivity contribution is 6.44. The molecule has 0 aromatic heterocycles. The highest BCUT2D eigenvalue weighted by atomic mass is 35.5. The Kier molecular flexibility index (Phi) is 7.18. The lowest BCUT2D eigenvalue weighted by Crippen LogP contribution is -2.28. The van der Waals surface area contributed by atoms with Crippen LogP contribution in [0.2, 0.25) is 10.0 Å². The van der Waals surface area contributed by atoms with Gasteiger partial charge in [-0.05, 0) is 31.2 Å². The van der Waals surface area contributed by atoms with E-state index in [-0.39, 0.29) is 23.9 Å². The smallest absolute Gasteiger partial charge is 0.311 e. The van der Waals surface area contributed by atoms with Crippen molar-refractivity contribution in [3.8, 4) is 5.75 Å². The van der Waals surface area contributed by atoms with Gasteiger partial charge >= 0.3 is 5.97 Å². The molecule has 0 aliphatic carbocycles. The maximum absolute atomic E-state index is 12.5. The van der Waals surface area contributed by atoms with Crippen LogP contribution in [0.1, 0.15) is 13.3 Å². The van der Waals surface area contributed by atoms with E-state index >= 15 is 0 Å². The highest BCUT2D eigenvalue weighted by Crippen LogP contribution is 2.33. The molecule has 0 saturated carbocycles. The number of hydrogen-bond donors (Lipinski definition) is 1. The van der Waals surface area contributed by atoms with Crippen molar-refractivity contribution >= 4 is 52.4 Å². The molecule has 1 aliphatic rings. The van der Waals surface area contributed by atoms with Gasteiger partial charge in [0, 0.05) is 13.0 Å². The monoisotopic (exact) mass is 450 g/mol. The third kappa shape index (κ3) is 5.04. The number of benzene rings is 2. The number of nitrogens with one attached hydrogen (secondary N) is 1. The van der Waals surface area contributed by atoms with Crippen LogP contribution in [0.5, 0.6) is 5.75 Å². The fourth-order valence-electron chi connectivity index (χ4n) is 3.10. The van der Waals surface area contributed by atoms with E-state index < -0.39 is 24.4 Å². The van der Waals surface area contributed by atoms with Crippen LogP contribution in [0.4, 0.5) is 11.4 Å². The van der Waals surface area contributed by atoms with Gasteiger partial charge in [-0.25, -0.2) is 0 Å². The molecule has 2 aromatic rings. The van der Waals surface area contributed by atoms with Gasteiger partial charge in [0.15, 0.2) is 6.61 Å². The minimum absolute atomic E-state index is 0.00102. The summed E-state index contributed by atoms with van der Waals surface area (Å²) in [5.74, 6) is -1.49. The van der Waals surface area contributed by atoms with Crippen LogP contribution >= 0.6 is 23.2 Å². The average molecular weight is 451 g/mol. The summed E-state index contributed by atoms with van der Waals surface area (Å²) in [6, 6.07) is 11.9. The molecule has 30 heavy (non-hydrogen) atoms. The first-order valence-corrected chi connectivity index (χ1v) is 10.1. The lowest BCUT2D eigenvalue weighted by molar-refractivity contribution is -0.151. The molecular formula is C21H20Cl2N2O5. The Balaban J connectivity index is 1.57. The van der Waals surface area contributed by atoms with Crippen molar-refractivity contribution in [2.24, 2.45) is 5.92 Å². The first kappa shape index (κ1) is 21.9. The first-order chi connectivity index (χ1) is 14.4. The zero-order valence-corrected chi connectivity index (χ0v) is 17.7. The van der Waals surface area contributed by atoms with E-state index in [4.69, 9.17) is 32.7 Å². The molecule has 9 heteroatoms. The van der Waals surface area contributed by atoms with Gasteiger partial charge in [0.25, 0.3) is 5.91 Å². The normalized spacial score (nSPS) is 15.8. The van der Waals surface area contributed by atoms with E-state index in [1.165, 1.54) is 4.90 Å². The number of ether oxygens (including phenoxy) is 2. The van der Waals surface area contributed by atoms with E-state index in [0.717, 1.165) is 0 Å². The van der Waals surface area contributed by atoms with Crippen LogP contribution in [-0.2, 0) is 19.1 Å². The molecule has 1 N–H and O–H groups in total. The molecule has 7 nitrogen and oxygen atoms in total. The first-order valence-electron chi connectivity index (χ1n) is 9.33. The topological polar surface area (TPSA) is 84.9 Å². The zero-order valence-electron chi connectivity index (χ0n) is 16.2. The van der Waals surface area contributed by atoms with Crippen LogP contribution < -0.4 is 15.0 Å². The number of nitrogens with zero attached hydrogens (tertiary/aromatic N) is 1. The van der Waals surface area contributed by atoms with E-state index in [1.54, 1.807) is 36.4 Å². The van der Waals surface area contributed by atoms with Gasteiger partial charge < -0.3 is 19.7 Å². The van der Waals surface area contributed by atoms with Gasteiger partial charge in [-0.15, -0.1) is 0 Å². The fourth-order valence-corrected chi connectivity index (χ4v) is 3.44. The predicted molar refractivity (Wildman–Crippen MR) is 114 cm³/mol. The van der Waals surface area contributed by atoms with Crippen molar-refractivity contribution in [1.29, 1.82) is 0 Å². The van der Waals surface area contributed by atoms with E-state index in [1.807, 2.05) is 13.0 Å². The van der Waals surface area contributed by atoms with E-state index in [2.05, 4.69) is 5.32 Å². The minimum atomic E-state index is -0.672. The Morgan fingerprint density at radius 1 is 1.17 bits per heavy atom. The number of para-hydroxylation sites is 2. The molecule has 3 rings (SSSR count). The zero-order chi connectivity index (χ0) is 21.7. The van der Waals surface area contributed by atoms with Crippen molar-refractivity contribution in [3.05, 3.63) is 52.5 Å². The Bertz CT molecular complexity index is 966. The molecule has 1 atom stereocenters. The third-order valence-electron chi connectivity index (χ3n) is 4.49. The highest BCUT2D eigenvalue weighted by Gasteiger charge is 2.37. The van der Waals surface area contributed by atoms with Crippen LogP contribution in [-0.4, -0.2) is 37.5 Å². The number of carbonyl (C=O) groups is 3. The molecule has 1 fully saturated rings. The second-order valence-corrected chi connectivity index (χ2v) is 7.35. The maximum atomic E-state index is 12.5. The van der Waals surface area contributed by atoms with Gasteiger partial charge in [-0.3, -0.25) is 14.4 Å². The number of hydrogen-bond acceptors (Lipinski definition) is 5. The maximum Gasteiger partial charge on any atom is 0.311 e. The van der Waals surface area contributed by atoms with Gasteiger partial charge in [0.05, 0.1) is 33.9 Å². The summed E-state index contributed by atoms with van der Waals surface area (Å²) in [6.07, 6.45) is 0.00102. The van der Waals surface area contributed by atoms with Crippen molar-refractivity contribution in [3.63, 3.8) is 0 Å². The Morgan fingerprint density at radius 3 is 2.70 bits per heavy atom. The number of amides is 2. The summed E-state index contributed by atoms with van der Waals surface area (Å²) in [4.78, 5) is 38.4. The molecule has 1 heterocycles. The van der Waals surface area contributed by atoms with Crippen LogP contribution in [0.25, 0.3) is 0 Å². The summed E-state index contributed by atoms with van der Waals surface area (Å²) in [5, 5.41) is 3.03. The summed E-state index contributed by atoms with van der Waals surface area (Å²) in [6.45, 7) is 1.96. The van der Waals surface area contributed by atoms with Gasteiger partial charge in [-0.1, -0.05) is 41.4 Å². The molecule has 0 spiro atoms. The third-order valence-corrected chi connectivity index (χ3v) is 5.30. The molecular weight excluding hydrogens is 431 g/mol. The summed E-state index contributed by atoms with van der Waals surface area (Å²) < 4.78 is 10.7. The quantitative estimate of drug-likeness (QED) is 0.645. The molecule has 0 radical (unpaired) electrons. The minimum Gasteiger partial charge on any atom is -0.492 e. The van der Waals surface area contributed by atoms with Crippen LogP contribution in [0.15, 0.2) is 42.5 Å². The molecule has 158 valence electrons. The van der Waals surface area contributed by atoms with Crippen LogP contribution in [0, 0.1) is 5.92 Å². The van der Waals surface area contributed by atoms with E-state index in [0.29, 0.717) is 28.8 Å². The summed E-state index contributed by atoms with van der Waals surface area (Å²) in [5.41, 5.74) is 0.924. The lowest BCUT2D eigenvalue weighted by Gasteiger charge is -2.20. The Labute approximate surface area is 183 Å². The number of rotatable bonds is 7. The molecule has 0 bridgehead atoms. The number of halogens is 2. The second kappa shape index (κ2) is 9.82. The molecule has 0 unspecified atom stereocenters. The predicted octanol–water partition coefficient (Wildman–Crippen LogP) is 3.93.